The lowest BCUT2D eigenvalue weighted by molar-refractivity contribution is -0.129. The van der Waals surface area contributed by atoms with Crippen molar-refractivity contribution in [2.75, 3.05) is 31.6 Å². The minimum Gasteiger partial charge on any atom is -0.493 e. The average Bonchev–Trinajstić information content (AvgIpc) is 3.45. The van der Waals surface area contributed by atoms with E-state index in [1.165, 1.54) is 6.07 Å². The highest BCUT2D eigenvalue weighted by molar-refractivity contribution is 5.73. The van der Waals surface area contributed by atoms with Gasteiger partial charge in [0, 0.05) is 43.2 Å². The Bertz CT molecular complexity index is 1220. The smallest absolute Gasteiger partial charge is 0.219 e. The van der Waals surface area contributed by atoms with Crippen molar-refractivity contribution in [2.45, 2.75) is 38.1 Å². The lowest BCUT2D eigenvalue weighted by Crippen LogP contribution is -2.36. The Hall–Kier alpha value is -3.36. The number of rotatable bonds is 1. The number of aromatic nitrogens is 3. The minimum atomic E-state index is -0.246. The summed E-state index contributed by atoms with van der Waals surface area (Å²) >= 11 is 0. The molecule has 166 valence electrons. The molecule has 32 heavy (non-hydrogen) atoms. The molecule has 0 saturated carbocycles. The fourth-order valence-electron chi connectivity index (χ4n) is 5.21. The van der Waals surface area contributed by atoms with Gasteiger partial charge in [0.15, 0.2) is 17.2 Å². The van der Waals surface area contributed by atoms with Crippen LogP contribution < -0.4 is 14.8 Å². The second kappa shape index (κ2) is 7.36. The molecule has 0 aliphatic carbocycles. The first-order valence-electron chi connectivity index (χ1n) is 11.0. The first-order valence-corrected chi connectivity index (χ1v) is 11.0. The molecule has 1 amide bonds. The molecule has 1 N–H and O–H groups in total. The van der Waals surface area contributed by atoms with Gasteiger partial charge >= 0.3 is 0 Å². The van der Waals surface area contributed by atoms with E-state index in [0.29, 0.717) is 36.9 Å². The summed E-state index contributed by atoms with van der Waals surface area (Å²) in [4.78, 5) is 13.6. The Kier molecular flexibility index (Phi) is 4.44. The summed E-state index contributed by atoms with van der Waals surface area (Å²) in [5, 5.41) is 11.9. The quantitative estimate of drug-likeness (QED) is 0.630. The highest BCUT2D eigenvalue weighted by atomic mass is 19.1. The second-order valence-corrected chi connectivity index (χ2v) is 8.73. The van der Waals surface area contributed by atoms with Gasteiger partial charge in [-0.25, -0.2) is 4.39 Å². The standard InChI is InChI=1S/C23H24FN5O3/c1-13(30)28-6-4-14(5-7-28)16-8-20-23(29-12-26-27-22(16)29)25-9-17-18(24)2-3-19-21(17)15(10-31-19)11-32-20/h2-3,8,12,14-15,25H,4-7,9-11H2,1H3/t15-/m1/s1. The molecule has 3 aliphatic rings. The van der Waals surface area contributed by atoms with Gasteiger partial charge in [-0.2, -0.15) is 0 Å². The number of hydrogen-bond donors (Lipinski definition) is 1. The van der Waals surface area contributed by atoms with E-state index in [2.05, 4.69) is 15.5 Å². The lowest BCUT2D eigenvalue weighted by Gasteiger charge is -2.32. The minimum absolute atomic E-state index is 0.0256. The van der Waals surface area contributed by atoms with Gasteiger partial charge in [0.1, 0.15) is 17.9 Å². The van der Waals surface area contributed by atoms with E-state index < -0.39 is 0 Å². The molecule has 0 bridgehead atoms. The predicted molar refractivity (Wildman–Crippen MR) is 115 cm³/mol. The third kappa shape index (κ3) is 2.98. The third-order valence-corrected chi connectivity index (χ3v) is 6.93. The number of ether oxygens (including phenoxy) is 2. The summed E-state index contributed by atoms with van der Waals surface area (Å²) < 4.78 is 28.7. The summed E-state index contributed by atoms with van der Waals surface area (Å²) in [6.07, 6.45) is 3.40. The number of anilines is 1. The van der Waals surface area contributed by atoms with Crippen LogP contribution in [0.15, 0.2) is 24.5 Å². The molecule has 1 aromatic carbocycles. The Morgan fingerprint density at radius 3 is 2.72 bits per heavy atom. The molecule has 1 saturated heterocycles. The molecule has 0 radical (unpaired) electrons. The highest BCUT2D eigenvalue weighted by Crippen LogP contribution is 2.42. The number of piperidine rings is 1. The van der Waals surface area contributed by atoms with Gasteiger partial charge in [-0.15, -0.1) is 10.2 Å². The molecule has 0 spiro atoms. The normalized spacial score (nSPS) is 20.3. The van der Waals surface area contributed by atoms with Gasteiger partial charge in [-0.1, -0.05) is 0 Å². The van der Waals surface area contributed by atoms with Gasteiger partial charge in [-0.3, -0.25) is 9.20 Å². The molecule has 8 nitrogen and oxygen atoms in total. The summed E-state index contributed by atoms with van der Waals surface area (Å²) in [6, 6.07) is 5.20. The van der Waals surface area contributed by atoms with Crippen LogP contribution in [-0.4, -0.2) is 51.7 Å². The van der Waals surface area contributed by atoms with Crippen LogP contribution in [0.3, 0.4) is 0 Å². The van der Waals surface area contributed by atoms with Crippen molar-refractivity contribution in [1.29, 1.82) is 0 Å². The monoisotopic (exact) mass is 437 g/mol. The van der Waals surface area contributed by atoms with Crippen molar-refractivity contribution in [2.24, 2.45) is 0 Å². The Morgan fingerprint density at radius 1 is 1.16 bits per heavy atom. The van der Waals surface area contributed by atoms with Gasteiger partial charge in [-0.05, 0) is 37.0 Å². The molecule has 2 aromatic heterocycles. The van der Waals surface area contributed by atoms with Crippen LogP contribution in [0.25, 0.3) is 5.65 Å². The van der Waals surface area contributed by atoms with Crippen LogP contribution in [0, 0.1) is 5.82 Å². The van der Waals surface area contributed by atoms with E-state index in [1.807, 2.05) is 15.4 Å². The number of nitrogens with zero attached hydrogens (tertiary/aromatic N) is 4. The van der Waals surface area contributed by atoms with Crippen molar-refractivity contribution < 1.29 is 18.7 Å². The number of fused-ring (bicyclic) bond motifs is 3. The van der Waals surface area contributed by atoms with E-state index >= 15 is 0 Å². The van der Waals surface area contributed by atoms with Crippen LogP contribution >= 0.6 is 0 Å². The molecule has 6 rings (SSSR count). The van der Waals surface area contributed by atoms with Crippen LogP contribution in [0.1, 0.15) is 48.3 Å². The van der Waals surface area contributed by atoms with Crippen LogP contribution in [0.2, 0.25) is 0 Å². The van der Waals surface area contributed by atoms with E-state index in [4.69, 9.17) is 9.47 Å². The lowest BCUT2D eigenvalue weighted by atomic mass is 9.89. The number of carbonyl (C=O) groups is 1. The fraction of sp³-hybridized carbons (Fsp3) is 0.435. The number of nitrogens with one attached hydrogen (secondary N) is 1. The summed E-state index contributed by atoms with van der Waals surface area (Å²) in [6.45, 7) is 4.26. The summed E-state index contributed by atoms with van der Waals surface area (Å²) in [5.41, 5.74) is 3.34. The van der Waals surface area contributed by atoms with Crippen molar-refractivity contribution in [3.8, 4) is 11.5 Å². The van der Waals surface area contributed by atoms with Gasteiger partial charge in [0.25, 0.3) is 0 Å². The molecule has 3 aliphatic heterocycles. The first kappa shape index (κ1) is 19.3. The van der Waals surface area contributed by atoms with Gasteiger partial charge in [0.2, 0.25) is 5.91 Å². The van der Waals surface area contributed by atoms with Crippen molar-refractivity contribution in [3.05, 3.63) is 47.0 Å². The second-order valence-electron chi connectivity index (χ2n) is 8.73. The van der Waals surface area contributed by atoms with E-state index in [0.717, 1.165) is 48.5 Å². The average molecular weight is 437 g/mol. The maximum Gasteiger partial charge on any atom is 0.219 e. The molecule has 1 fully saturated rings. The van der Waals surface area contributed by atoms with Crippen molar-refractivity contribution >= 4 is 17.4 Å². The number of benzene rings is 1. The molecule has 5 heterocycles. The summed E-state index contributed by atoms with van der Waals surface area (Å²) in [5.74, 6) is 2.25. The molecular weight excluding hydrogens is 413 g/mol. The third-order valence-electron chi connectivity index (χ3n) is 6.93. The largest absolute Gasteiger partial charge is 0.493 e. The Balaban J connectivity index is 1.39. The maximum atomic E-state index is 14.7. The molecular formula is C23H24FN5O3. The predicted octanol–water partition coefficient (Wildman–Crippen LogP) is 3.07. The zero-order valence-electron chi connectivity index (χ0n) is 17.8. The van der Waals surface area contributed by atoms with Crippen LogP contribution in [0.5, 0.6) is 11.5 Å². The number of amides is 1. The number of halogens is 1. The zero-order chi connectivity index (χ0) is 21.8. The Labute approximate surface area is 184 Å². The van der Waals surface area contributed by atoms with Crippen LogP contribution in [0.4, 0.5) is 10.2 Å². The molecule has 1 atom stereocenters. The van der Waals surface area contributed by atoms with Crippen LogP contribution in [-0.2, 0) is 11.3 Å². The Morgan fingerprint density at radius 2 is 1.94 bits per heavy atom. The van der Waals surface area contributed by atoms with Gasteiger partial charge < -0.3 is 19.7 Å². The number of pyridine rings is 1. The fourth-order valence-corrected chi connectivity index (χ4v) is 5.21. The topological polar surface area (TPSA) is 81.0 Å². The summed E-state index contributed by atoms with van der Waals surface area (Å²) in [7, 11) is 0. The molecule has 0 unspecified atom stereocenters. The van der Waals surface area contributed by atoms with E-state index in [9.17, 15) is 9.18 Å². The van der Waals surface area contributed by atoms with Crippen molar-refractivity contribution in [1.82, 2.24) is 19.5 Å². The van der Waals surface area contributed by atoms with Gasteiger partial charge in [0.05, 0.1) is 19.1 Å². The highest BCUT2D eigenvalue weighted by Gasteiger charge is 2.32. The number of hydrogen-bond acceptors (Lipinski definition) is 6. The SMILES string of the molecule is CC(=O)N1CCC(c2cc3c(n4cnnc24)NCc2c(F)ccc4c2[C@H](CO4)CO3)CC1. The van der Waals surface area contributed by atoms with E-state index in [-0.39, 0.29) is 23.6 Å². The molecule has 9 heteroatoms. The first-order chi connectivity index (χ1) is 15.6. The number of likely N-dealkylation sites (tertiary alicyclic amines) is 1. The van der Waals surface area contributed by atoms with E-state index in [1.54, 1.807) is 19.3 Å². The number of carbonyl (C=O) groups excluding carboxylic acids is 1. The molecule has 3 aromatic rings. The maximum absolute atomic E-state index is 14.7. The van der Waals surface area contributed by atoms with Crippen molar-refractivity contribution in [3.63, 3.8) is 0 Å². The zero-order valence-corrected chi connectivity index (χ0v) is 17.8.